The lowest BCUT2D eigenvalue weighted by Gasteiger charge is -2.25. The molecule has 2 N–H and O–H groups in total. The highest BCUT2D eigenvalue weighted by molar-refractivity contribution is 7.80. The second-order valence-electron chi connectivity index (χ2n) is 5.11. The zero-order valence-corrected chi connectivity index (χ0v) is 12.4. The van der Waals surface area contributed by atoms with Gasteiger partial charge in [-0.05, 0) is 37.5 Å². The van der Waals surface area contributed by atoms with E-state index in [2.05, 4.69) is 46.9 Å². The van der Waals surface area contributed by atoms with E-state index >= 15 is 0 Å². The largest absolute Gasteiger partial charge is 0.348 e. The van der Waals surface area contributed by atoms with E-state index in [-0.39, 0.29) is 6.04 Å². The smallest absolute Gasteiger partial charge is 0.183 e. The molecule has 1 saturated heterocycles. The molecule has 1 aromatic carbocycles. The molecule has 3 nitrogen and oxygen atoms in total. The third-order valence-electron chi connectivity index (χ3n) is 3.59. The van der Waals surface area contributed by atoms with Crippen molar-refractivity contribution in [3.63, 3.8) is 0 Å². The molecule has 19 heavy (non-hydrogen) atoms. The molecule has 0 bridgehead atoms. The van der Waals surface area contributed by atoms with E-state index in [1.807, 2.05) is 6.07 Å². The number of hydrazine groups is 1. The van der Waals surface area contributed by atoms with Gasteiger partial charge in [-0.1, -0.05) is 43.2 Å². The van der Waals surface area contributed by atoms with Crippen molar-refractivity contribution in [3.05, 3.63) is 35.9 Å². The Morgan fingerprint density at radius 3 is 2.37 bits per heavy atom. The number of nitrogens with one attached hydrogen (secondary N) is 2. The van der Waals surface area contributed by atoms with Crippen LogP contribution in [0.3, 0.4) is 0 Å². The fourth-order valence-electron chi connectivity index (χ4n) is 2.35. The fourth-order valence-corrected chi connectivity index (χ4v) is 2.59. The monoisotopic (exact) mass is 277 g/mol. The zero-order valence-electron chi connectivity index (χ0n) is 11.6. The van der Waals surface area contributed by atoms with E-state index < -0.39 is 0 Å². The predicted octanol–water partition coefficient (Wildman–Crippen LogP) is 3.00. The molecule has 104 valence electrons. The first-order chi connectivity index (χ1) is 9.27. The number of hydrogen-bond acceptors (Lipinski definition) is 2. The zero-order chi connectivity index (χ0) is 13.5. The fraction of sp³-hybridized carbons (Fsp3) is 0.533. The number of thiocarbonyl (C=S) groups is 1. The van der Waals surface area contributed by atoms with E-state index in [4.69, 9.17) is 12.2 Å². The molecule has 0 spiro atoms. The maximum atomic E-state index is 5.45. The Morgan fingerprint density at radius 1 is 1.11 bits per heavy atom. The van der Waals surface area contributed by atoms with Crippen LogP contribution in [0, 0.1) is 0 Å². The summed E-state index contributed by atoms with van der Waals surface area (Å²) in [5.74, 6) is 0. The molecule has 1 fully saturated rings. The van der Waals surface area contributed by atoms with E-state index in [1.165, 1.54) is 31.2 Å². The molecule has 1 heterocycles. The molecule has 0 amide bonds. The molecule has 1 aliphatic heterocycles. The maximum Gasteiger partial charge on any atom is 0.183 e. The highest BCUT2D eigenvalue weighted by atomic mass is 32.1. The van der Waals surface area contributed by atoms with Crippen molar-refractivity contribution >= 4 is 17.3 Å². The van der Waals surface area contributed by atoms with Gasteiger partial charge in [0, 0.05) is 19.1 Å². The summed E-state index contributed by atoms with van der Waals surface area (Å²) in [6.07, 6.45) is 5.14. The van der Waals surface area contributed by atoms with Crippen molar-refractivity contribution in [1.82, 2.24) is 15.8 Å². The lowest BCUT2D eigenvalue weighted by atomic mass is 10.1. The van der Waals surface area contributed by atoms with Crippen molar-refractivity contribution in [2.24, 2.45) is 0 Å². The lowest BCUT2D eigenvalue weighted by Crippen LogP contribution is -2.47. The molecule has 1 aromatic rings. The van der Waals surface area contributed by atoms with Crippen LogP contribution in [0.2, 0.25) is 0 Å². The molecular formula is C15H23N3S. The van der Waals surface area contributed by atoms with Gasteiger partial charge in [0.05, 0.1) is 0 Å². The normalized spacial score (nSPS) is 17.6. The SMILES string of the molecule is C[C@H](NNC(=S)N1CCCCCC1)c1ccccc1. The maximum absolute atomic E-state index is 5.45. The number of likely N-dealkylation sites (tertiary alicyclic amines) is 1. The van der Waals surface area contributed by atoms with Gasteiger partial charge in [-0.2, -0.15) is 0 Å². The summed E-state index contributed by atoms with van der Waals surface area (Å²) in [5.41, 5.74) is 7.73. The Morgan fingerprint density at radius 2 is 1.74 bits per heavy atom. The van der Waals surface area contributed by atoms with Crippen LogP contribution >= 0.6 is 12.2 Å². The van der Waals surface area contributed by atoms with Gasteiger partial charge in [0.1, 0.15) is 0 Å². The number of rotatable bonds is 3. The Kier molecular flexibility index (Phi) is 5.61. The summed E-state index contributed by atoms with van der Waals surface area (Å²) in [6.45, 7) is 4.29. The van der Waals surface area contributed by atoms with Gasteiger partial charge < -0.3 is 4.90 Å². The van der Waals surface area contributed by atoms with Crippen molar-refractivity contribution in [3.8, 4) is 0 Å². The molecule has 2 rings (SSSR count). The van der Waals surface area contributed by atoms with Gasteiger partial charge in [0.25, 0.3) is 0 Å². The van der Waals surface area contributed by atoms with Gasteiger partial charge in [-0.15, -0.1) is 0 Å². The van der Waals surface area contributed by atoms with Gasteiger partial charge in [0.2, 0.25) is 0 Å². The highest BCUT2D eigenvalue weighted by Crippen LogP contribution is 2.11. The summed E-state index contributed by atoms with van der Waals surface area (Å²) >= 11 is 5.45. The van der Waals surface area contributed by atoms with Crippen LogP contribution in [0.25, 0.3) is 0 Å². The first kappa shape index (κ1) is 14.3. The molecular weight excluding hydrogens is 254 g/mol. The van der Waals surface area contributed by atoms with Crippen molar-refractivity contribution < 1.29 is 0 Å². The first-order valence-corrected chi connectivity index (χ1v) is 7.53. The predicted molar refractivity (Wildman–Crippen MR) is 83.8 cm³/mol. The summed E-state index contributed by atoms with van der Waals surface area (Å²) in [5, 5.41) is 0.824. The minimum Gasteiger partial charge on any atom is -0.348 e. The standard InChI is InChI=1S/C15H23N3S/c1-13(14-9-5-4-6-10-14)16-17-15(19)18-11-7-2-3-8-12-18/h4-6,9-10,13,16H,2-3,7-8,11-12H2,1H3,(H,17,19)/t13-/m0/s1. The molecule has 0 unspecified atom stereocenters. The topological polar surface area (TPSA) is 27.3 Å². The van der Waals surface area contributed by atoms with E-state index in [0.717, 1.165) is 18.2 Å². The lowest BCUT2D eigenvalue weighted by molar-refractivity contribution is 0.408. The van der Waals surface area contributed by atoms with Crippen LogP contribution in [0.15, 0.2) is 30.3 Å². The van der Waals surface area contributed by atoms with Crippen LogP contribution in [0.5, 0.6) is 0 Å². The van der Waals surface area contributed by atoms with Gasteiger partial charge in [-0.25, -0.2) is 5.43 Å². The molecule has 1 atom stereocenters. The van der Waals surface area contributed by atoms with Crippen LogP contribution in [-0.2, 0) is 0 Å². The first-order valence-electron chi connectivity index (χ1n) is 7.13. The van der Waals surface area contributed by atoms with Crippen LogP contribution in [0.4, 0.5) is 0 Å². The average molecular weight is 277 g/mol. The van der Waals surface area contributed by atoms with Gasteiger partial charge in [0.15, 0.2) is 5.11 Å². The van der Waals surface area contributed by atoms with E-state index in [0.29, 0.717) is 0 Å². The highest BCUT2D eigenvalue weighted by Gasteiger charge is 2.12. The number of benzene rings is 1. The van der Waals surface area contributed by atoms with E-state index in [1.54, 1.807) is 0 Å². The number of hydrogen-bond donors (Lipinski definition) is 2. The van der Waals surface area contributed by atoms with Gasteiger partial charge >= 0.3 is 0 Å². The molecule has 0 aromatic heterocycles. The van der Waals surface area contributed by atoms with Crippen molar-refractivity contribution in [1.29, 1.82) is 0 Å². The summed E-state index contributed by atoms with van der Waals surface area (Å²) in [6, 6.07) is 10.6. The molecule has 0 radical (unpaired) electrons. The Labute approximate surface area is 121 Å². The summed E-state index contributed by atoms with van der Waals surface area (Å²) < 4.78 is 0. The van der Waals surface area contributed by atoms with Crippen molar-refractivity contribution in [2.75, 3.05) is 13.1 Å². The third-order valence-corrected chi connectivity index (χ3v) is 3.95. The van der Waals surface area contributed by atoms with Crippen LogP contribution in [-0.4, -0.2) is 23.1 Å². The minimum atomic E-state index is 0.242. The van der Waals surface area contributed by atoms with Crippen molar-refractivity contribution in [2.45, 2.75) is 38.6 Å². The van der Waals surface area contributed by atoms with Crippen LogP contribution in [0.1, 0.15) is 44.2 Å². The second kappa shape index (κ2) is 7.46. The van der Waals surface area contributed by atoms with Crippen LogP contribution < -0.4 is 10.9 Å². The summed E-state index contributed by atoms with van der Waals surface area (Å²) in [7, 11) is 0. The Hall–Kier alpha value is -1.13. The Balaban J connectivity index is 1.79. The molecule has 0 aliphatic carbocycles. The summed E-state index contributed by atoms with van der Waals surface area (Å²) in [4.78, 5) is 2.27. The molecule has 0 saturated carbocycles. The average Bonchev–Trinajstić information content (AvgIpc) is 2.74. The molecule has 4 heteroatoms. The third kappa shape index (κ3) is 4.48. The van der Waals surface area contributed by atoms with E-state index in [9.17, 15) is 0 Å². The van der Waals surface area contributed by atoms with Gasteiger partial charge in [-0.3, -0.25) is 5.43 Å². The quantitative estimate of drug-likeness (QED) is 0.656. The second-order valence-corrected chi connectivity index (χ2v) is 5.49. The Bertz CT molecular complexity index is 386. The minimum absolute atomic E-state index is 0.242. The number of nitrogens with zero attached hydrogens (tertiary/aromatic N) is 1. The molecule has 1 aliphatic rings.